The first-order chi connectivity index (χ1) is 9.85. The highest BCUT2D eigenvalue weighted by molar-refractivity contribution is 6.43. The minimum Gasteiger partial charge on any atom is -0.509 e. The van der Waals surface area contributed by atoms with Gasteiger partial charge in [0.05, 0.1) is 5.69 Å². The number of nitrogens with zero attached hydrogens (tertiary/aromatic N) is 1. The molecule has 0 saturated heterocycles. The molecule has 0 amide bonds. The molecule has 7 heteroatoms. The smallest absolute Gasteiger partial charge is 0.144 e. The molecule has 0 heterocycles. The fourth-order valence-electron chi connectivity index (χ4n) is 2.82. The molecule has 0 aliphatic rings. The third kappa shape index (κ3) is 2.92. The van der Waals surface area contributed by atoms with E-state index in [1.807, 2.05) is 55.7 Å². The summed E-state index contributed by atoms with van der Waals surface area (Å²) in [4.78, 5) is 10.8. The van der Waals surface area contributed by atoms with Gasteiger partial charge < -0.3 is 5.11 Å². The Labute approximate surface area is 128 Å². The van der Waals surface area contributed by atoms with Crippen LogP contribution < -0.4 is 21.9 Å². The van der Waals surface area contributed by atoms with Crippen LogP contribution in [-0.4, -0.2) is 36.5 Å². The van der Waals surface area contributed by atoms with E-state index >= 15 is 0 Å². The number of benzene rings is 2. The molecule has 0 radical (unpaired) electrons. The van der Waals surface area contributed by atoms with Crippen molar-refractivity contribution in [3.63, 3.8) is 0 Å². The second-order valence-corrected chi connectivity index (χ2v) is 5.82. The predicted molar refractivity (Wildman–Crippen MR) is 100 cm³/mol. The average molecular weight is 275 g/mol. The Kier molecular flexibility index (Phi) is 4.31. The van der Waals surface area contributed by atoms with Crippen LogP contribution in [0.3, 0.4) is 0 Å². The third-order valence-electron chi connectivity index (χ3n) is 4.12. The molecular weight excluding hydrogens is 257 g/mol. The Morgan fingerprint density at radius 1 is 0.905 bits per heavy atom. The highest BCUT2D eigenvalue weighted by atomic mass is 16.3. The van der Waals surface area contributed by atoms with Gasteiger partial charge in [-0.05, 0) is 27.2 Å². The van der Waals surface area contributed by atoms with Crippen molar-refractivity contribution < 1.29 is 5.11 Å². The normalized spacial score (nSPS) is 12.0. The Balaban J connectivity index is 2.50. The molecule has 0 saturated carbocycles. The summed E-state index contributed by atoms with van der Waals surface area (Å²) >= 11 is 0. The van der Waals surface area contributed by atoms with E-state index in [-0.39, 0.29) is 5.92 Å². The lowest BCUT2D eigenvalue weighted by molar-refractivity contribution is 0.483. The summed E-state index contributed by atoms with van der Waals surface area (Å²) in [5.74, 6) is 0.555. The maximum Gasteiger partial charge on any atom is 0.144 e. The average Bonchev–Trinajstić information content (AvgIpc) is 2.43. The van der Waals surface area contributed by atoms with E-state index in [1.165, 1.54) is 0 Å². The maximum atomic E-state index is 10.8. The molecule has 0 fully saturated rings. The molecule has 0 spiro atoms. The molecule has 2 aromatic carbocycles. The fourth-order valence-corrected chi connectivity index (χ4v) is 2.82. The van der Waals surface area contributed by atoms with Gasteiger partial charge in [0.25, 0.3) is 0 Å². The summed E-state index contributed by atoms with van der Waals surface area (Å²) in [6.45, 7) is 2.13. The topological polar surface area (TPSA) is 49.7 Å². The Morgan fingerprint density at radius 3 is 1.67 bits per heavy atom. The highest BCUT2D eigenvalue weighted by Gasteiger charge is 2.14. The standard InChI is InChI=1S/C14H17B4NO2/c1-6(8-4-11(17)14(20)12(18)5-8)7-2-9(15)13(19-21)10(16)3-7/h2-6,20H,15-18H2,1H3. The fraction of sp³-hybridized carbons (Fsp3) is 0.143. The number of phenols is 1. The van der Waals surface area contributed by atoms with Crippen LogP contribution in [0, 0.1) is 4.91 Å². The molecule has 0 aliphatic heterocycles. The molecule has 102 valence electrons. The van der Waals surface area contributed by atoms with E-state index in [2.05, 4.69) is 12.1 Å². The summed E-state index contributed by atoms with van der Waals surface area (Å²) in [6, 6.07) is 8.07. The van der Waals surface area contributed by atoms with Crippen molar-refractivity contribution in [2.75, 3.05) is 0 Å². The maximum absolute atomic E-state index is 10.8. The van der Waals surface area contributed by atoms with Crippen LogP contribution in [0.25, 0.3) is 0 Å². The minimum atomic E-state index is 0.195. The lowest BCUT2D eigenvalue weighted by Crippen LogP contribution is -2.20. The summed E-state index contributed by atoms with van der Waals surface area (Å²) in [5, 5.41) is 13.0. The van der Waals surface area contributed by atoms with Crippen LogP contribution in [0.15, 0.2) is 29.4 Å². The van der Waals surface area contributed by atoms with Gasteiger partial charge in [-0.2, -0.15) is 0 Å². The van der Waals surface area contributed by atoms with Crippen LogP contribution in [0.4, 0.5) is 5.69 Å². The second kappa shape index (κ2) is 5.84. The van der Waals surface area contributed by atoms with Crippen molar-refractivity contribution in [1.29, 1.82) is 0 Å². The van der Waals surface area contributed by atoms with E-state index in [4.69, 9.17) is 0 Å². The number of hydrogen-bond donors (Lipinski definition) is 1. The Bertz CT molecular complexity index is 672. The largest absolute Gasteiger partial charge is 0.509 e. The summed E-state index contributed by atoms with van der Waals surface area (Å²) in [6.07, 6.45) is 0. The van der Waals surface area contributed by atoms with Crippen molar-refractivity contribution in [1.82, 2.24) is 0 Å². The van der Waals surface area contributed by atoms with Crippen molar-refractivity contribution >= 4 is 58.9 Å². The van der Waals surface area contributed by atoms with Gasteiger partial charge in [0.1, 0.15) is 37.1 Å². The van der Waals surface area contributed by atoms with Gasteiger partial charge in [0.15, 0.2) is 0 Å². The molecule has 1 unspecified atom stereocenters. The van der Waals surface area contributed by atoms with Crippen LogP contribution in [0.1, 0.15) is 24.0 Å². The molecule has 0 aliphatic carbocycles. The van der Waals surface area contributed by atoms with Crippen LogP contribution in [0.5, 0.6) is 5.75 Å². The molecule has 1 atom stereocenters. The zero-order valence-electron chi connectivity index (χ0n) is 13.2. The highest BCUT2D eigenvalue weighted by Crippen LogP contribution is 2.23. The number of nitroso groups, excluding NO2 is 1. The SMILES string of the molecule is Bc1cc(C(C)c2cc(B)c(N=O)c(B)c2)cc(B)c1O. The second-order valence-electron chi connectivity index (χ2n) is 5.82. The molecule has 3 nitrogen and oxygen atoms in total. The Morgan fingerprint density at radius 2 is 1.29 bits per heavy atom. The Hall–Kier alpha value is -1.90. The van der Waals surface area contributed by atoms with Gasteiger partial charge >= 0.3 is 0 Å². The first-order valence-electron chi connectivity index (χ1n) is 7.09. The number of hydrogen-bond acceptors (Lipinski definition) is 3. The van der Waals surface area contributed by atoms with Crippen LogP contribution >= 0.6 is 0 Å². The van der Waals surface area contributed by atoms with E-state index < -0.39 is 0 Å². The van der Waals surface area contributed by atoms with Gasteiger partial charge in [-0.15, -0.1) is 4.91 Å². The lowest BCUT2D eigenvalue weighted by Gasteiger charge is -2.17. The van der Waals surface area contributed by atoms with Gasteiger partial charge in [-0.25, -0.2) is 0 Å². The number of phenolic OH excluding ortho intramolecular Hbond substituents is 1. The van der Waals surface area contributed by atoms with Crippen LogP contribution in [0.2, 0.25) is 0 Å². The molecular formula is C14H17B4NO2. The van der Waals surface area contributed by atoms with Gasteiger partial charge in [0.2, 0.25) is 0 Å². The summed E-state index contributed by atoms with van der Waals surface area (Å²) < 4.78 is 0. The third-order valence-corrected chi connectivity index (χ3v) is 4.12. The lowest BCUT2D eigenvalue weighted by atomic mass is 9.77. The molecule has 0 aromatic heterocycles. The van der Waals surface area contributed by atoms with E-state index in [0.29, 0.717) is 11.4 Å². The quantitative estimate of drug-likeness (QED) is 0.478. The van der Waals surface area contributed by atoms with Gasteiger partial charge in [-0.1, -0.05) is 42.1 Å². The summed E-state index contributed by atoms with van der Waals surface area (Å²) in [5.41, 5.74) is 6.42. The molecule has 0 bridgehead atoms. The molecule has 2 rings (SSSR count). The van der Waals surface area contributed by atoms with Crippen molar-refractivity contribution in [3.8, 4) is 5.75 Å². The van der Waals surface area contributed by atoms with E-state index in [9.17, 15) is 10.0 Å². The van der Waals surface area contributed by atoms with E-state index in [1.54, 1.807) is 0 Å². The number of rotatable bonds is 3. The van der Waals surface area contributed by atoms with Crippen molar-refractivity contribution in [2.45, 2.75) is 12.8 Å². The van der Waals surface area contributed by atoms with Crippen molar-refractivity contribution in [2.24, 2.45) is 5.18 Å². The number of aromatic hydroxyl groups is 1. The first kappa shape index (κ1) is 15.5. The minimum absolute atomic E-state index is 0.195. The monoisotopic (exact) mass is 275 g/mol. The zero-order chi connectivity index (χ0) is 15.7. The van der Waals surface area contributed by atoms with Gasteiger partial charge in [0, 0.05) is 5.92 Å². The molecule has 2 aromatic rings. The zero-order valence-corrected chi connectivity index (χ0v) is 13.2. The molecule has 21 heavy (non-hydrogen) atoms. The van der Waals surface area contributed by atoms with Crippen molar-refractivity contribution in [3.05, 3.63) is 40.3 Å². The van der Waals surface area contributed by atoms with Crippen LogP contribution in [-0.2, 0) is 0 Å². The first-order valence-corrected chi connectivity index (χ1v) is 7.09. The van der Waals surface area contributed by atoms with E-state index in [0.717, 1.165) is 33.0 Å². The predicted octanol–water partition coefficient (Wildman–Crippen LogP) is -3.02. The summed E-state index contributed by atoms with van der Waals surface area (Å²) in [7, 11) is 7.64. The van der Waals surface area contributed by atoms with Gasteiger partial charge in [-0.3, -0.25) is 0 Å². The molecule has 1 N–H and O–H groups in total.